The van der Waals surface area contributed by atoms with Crippen LogP contribution in [0.1, 0.15) is 12.5 Å². The number of carbonyl (C=O) groups is 1. The van der Waals surface area contributed by atoms with Crippen LogP contribution in [0.2, 0.25) is 0 Å². The van der Waals surface area contributed by atoms with Gasteiger partial charge in [0.15, 0.2) is 0 Å². The number of hydrogen-bond donors (Lipinski definition) is 1. The van der Waals surface area contributed by atoms with Crippen molar-refractivity contribution in [3.8, 4) is 6.07 Å². The Kier molecular flexibility index (Phi) is 4.53. The van der Waals surface area contributed by atoms with Crippen LogP contribution in [-0.4, -0.2) is 43.2 Å². The summed E-state index contributed by atoms with van der Waals surface area (Å²) in [5.41, 5.74) is 0.647. The van der Waals surface area contributed by atoms with E-state index in [1.165, 1.54) is 12.1 Å². The molecule has 1 aromatic rings. The van der Waals surface area contributed by atoms with E-state index in [0.29, 0.717) is 32.0 Å². The molecule has 1 aliphatic heterocycles. The Morgan fingerprint density at radius 2 is 2.15 bits per heavy atom. The van der Waals surface area contributed by atoms with Gasteiger partial charge < -0.3 is 15.0 Å². The van der Waals surface area contributed by atoms with Crippen molar-refractivity contribution >= 4 is 11.6 Å². The molecule has 1 amide bonds. The molecule has 0 aliphatic carbocycles. The normalized spacial score (nSPS) is 16.4. The molecule has 0 radical (unpaired) electrons. The van der Waals surface area contributed by atoms with Crippen LogP contribution in [0.5, 0.6) is 0 Å². The summed E-state index contributed by atoms with van der Waals surface area (Å²) >= 11 is 0. The first-order chi connectivity index (χ1) is 9.60. The highest BCUT2D eigenvalue weighted by atomic mass is 19.1. The summed E-state index contributed by atoms with van der Waals surface area (Å²) in [4.78, 5) is 13.9. The monoisotopic (exact) mass is 277 g/mol. The molecule has 106 valence electrons. The van der Waals surface area contributed by atoms with Crippen molar-refractivity contribution in [1.29, 1.82) is 5.26 Å². The number of halogens is 1. The minimum absolute atomic E-state index is 0.0592. The van der Waals surface area contributed by atoms with Gasteiger partial charge in [0, 0.05) is 18.8 Å². The molecule has 2 rings (SSSR count). The van der Waals surface area contributed by atoms with Crippen LogP contribution in [0.3, 0.4) is 0 Å². The van der Waals surface area contributed by atoms with Crippen molar-refractivity contribution in [2.45, 2.75) is 13.0 Å². The average molecular weight is 277 g/mol. The second kappa shape index (κ2) is 6.35. The number of morpholine rings is 1. The summed E-state index contributed by atoms with van der Waals surface area (Å²) in [5, 5.41) is 11.7. The van der Waals surface area contributed by atoms with E-state index in [1.54, 1.807) is 11.8 Å². The highest BCUT2D eigenvalue weighted by Crippen LogP contribution is 2.15. The van der Waals surface area contributed by atoms with Crippen LogP contribution >= 0.6 is 0 Å². The molecule has 20 heavy (non-hydrogen) atoms. The van der Waals surface area contributed by atoms with Crippen molar-refractivity contribution in [2.24, 2.45) is 0 Å². The first-order valence-corrected chi connectivity index (χ1v) is 6.44. The summed E-state index contributed by atoms with van der Waals surface area (Å²) in [7, 11) is 0. The second-order valence-corrected chi connectivity index (χ2v) is 4.64. The van der Waals surface area contributed by atoms with E-state index in [4.69, 9.17) is 10.00 Å². The van der Waals surface area contributed by atoms with Gasteiger partial charge in [-0.15, -0.1) is 0 Å². The van der Waals surface area contributed by atoms with Crippen LogP contribution < -0.4 is 5.32 Å². The van der Waals surface area contributed by atoms with Crippen molar-refractivity contribution < 1.29 is 13.9 Å². The minimum Gasteiger partial charge on any atom is -0.378 e. The second-order valence-electron chi connectivity index (χ2n) is 4.64. The van der Waals surface area contributed by atoms with E-state index in [9.17, 15) is 9.18 Å². The van der Waals surface area contributed by atoms with Gasteiger partial charge in [-0.05, 0) is 25.1 Å². The van der Waals surface area contributed by atoms with Gasteiger partial charge in [-0.1, -0.05) is 0 Å². The predicted molar refractivity (Wildman–Crippen MR) is 71.6 cm³/mol. The molecule has 1 heterocycles. The molecule has 1 N–H and O–H groups in total. The zero-order chi connectivity index (χ0) is 14.5. The van der Waals surface area contributed by atoms with Crippen LogP contribution in [-0.2, 0) is 9.53 Å². The quantitative estimate of drug-likeness (QED) is 0.906. The number of rotatable bonds is 3. The number of amides is 1. The van der Waals surface area contributed by atoms with Gasteiger partial charge in [-0.3, -0.25) is 4.79 Å². The Morgan fingerprint density at radius 1 is 1.45 bits per heavy atom. The third kappa shape index (κ3) is 3.45. The maximum Gasteiger partial charge on any atom is 0.244 e. The number of benzene rings is 1. The molecule has 1 aliphatic rings. The van der Waals surface area contributed by atoms with Gasteiger partial charge in [0.1, 0.15) is 11.9 Å². The summed E-state index contributed by atoms with van der Waals surface area (Å²) in [6, 6.07) is 5.34. The summed E-state index contributed by atoms with van der Waals surface area (Å²) in [6.45, 7) is 3.93. The standard InChI is InChI=1S/C14H16FN3O2/c1-10(14(19)18-2-4-20-5-3-18)17-13-7-11(9-16)6-12(15)8-13/h6-8,10,17H,2-5H2,1H3. The lowest BCUT2D eigenvalue weighted by atomic mass is 10.2. The first kappa shape index (κ1) is 14.3. The lowest BCUT2D eigenvalue weighted by molar-refractivity contribution is -0.135. The van der Waals surface area contributed by atoms with E-state index in [-0.39, 0.29) is 11.5 Å². The van der Waals surface area contributed by atoms with Crippen molar-refractivity contribution in [2.75, 3.05) is 31.6 Å². The third-order valence-electron chi connectivity index (χ3n) is 3.10. The molecule has 6 heteroatoms. The highest BCUT2D eigenvalue weighted by Gasteiger charge is 2.22. The Labute approximate surface area is 116 Å². The molecule has 1 aromatic carbocycles. The van der Waals surface area contributed by atoms with E-state index in [2.05, 4.69) is 5.32 Å². The number of anilines is 1. The highest BCUT2D eigenvalue weighted by molar-refractivity contribution is 5.84. The average Bonchev–Trinajstić information content (AvgIpc) is 2.46. The van der Waals surface area contributed by atoms with Crippen molar-refractivity contribution in [3.63, 3.8) is 0 Å². The molecule has 0 saturated carbocycles. The van der Waals surface area contributed by atoms with Crippen LogP contribution in [0.25, 0.3) is 0 Å². The molecule has 1 fully saturated rings. The fourth-order valence-corrected chi connectivity index (χ4v) is 2.11. The predicted octanol–water partition coefficient (Wildman–Crippen LogP) is 1.36. The summed E-state index contributed by atoms with van der Waals surface area (Å²) < 4.78 is 18.5. The van der Waals surface area contributed by atoms with Gasteiger partial charge in [0.25, 0.3) is 0 Å². The van der Waals surface area contributed by atoms with Gasteiger partial charge in [-0.25, -0.2) is 4.39 Å². The first-order valence-electron chi connectivity index (χ1n) is 6.44. The van der Waals surface area contributed by atoms with E-state index >= 15 is 0 Å². The lowest BCUT2D eigenvalue weighted by Crippen LogP contribution is -2.47. The maximum absolute atomic E-state index is 13.3. The van der Waals surface area contributed by atoms with E-state index in [1.807, 2.05) is 6.07 Å². The van der Waals surface area contributed by atoms with Gasteiger partial charge >= 0.3 is 0 Å². The number of nitriles is 1. The Bertz CT molecular complexity index is 536. The molecule has 5 nitrogen and oxygen atoms in total. The Balaban J connectivity index is 2.03. The topological polar surface area (TPSA) is 65.4 Å². The number of nitrogens with one attached hydrogen (secondary N) is 1. The molecule has 1 unspecified atom stereocenters. The Morgan fingerprint density at radius 3 is 2.80 bits per heavy atom. The largest absolute Gasteiger partial charge is 0.378 e. The minimum atomic E-state index is -0.502. The zero-order valence-electron chi connectivity index (χ0n) is 11.2. The van der Waals surface area contributed by atoms with Gasteiger partial charge in [0.2, 0.25) is 5.91 Å². The van der Waals surface area contributed by atoms with Crippen LogP contribution in [0.4, 0.5) is 10.1 Å². The number of nitrogens with zero attached hydrogens (tertiary/aromatic N) is 2. The SMILES string of the molecule is CC(Nc1cc(F)cc(C#N)c1)C(=O)N1CCOCC1. The summed E-state index contributed by atoms with van der Waals surface area (Å²) in [5.74, 6) is -0.561. The summed E-state index contributed by atoms with van der Waals surface area (Å²) in [6.07, 6.45) is 0. The van der Waals surface area contributed by atoms with E-state index in [0.717, 1.165) is 6.07 Å². The van der Waals surface area contributed by atoms with E-state index < -0.39 is 11.9 Å². The molecule has 0 bridgehead atoms. The fraction of sp³-hybridized carbons (Fsp3) is 0.429. The van der Waals surface area contributed by atoms with Crippen LogP contribution in [0.15, 0.2) is 18.2 Å². The van der Waals surface area contributed by atoms with Crippen LogP contribution in [0, 0.1) is 17.1 Å². The number of ether oxygens (including phenoxy) is 1. The number of hydrogen-bond acceptors (Lipinski definition) is 4. The van der Waals surface area contributed by atoms with Crippen molar-refractivity contribution in [3.05, 3.63) is 29.6 Å². The smallest absolute Gasteiger partial charge is 0.244 e. The molecular formula is C14H16FN3O2. The zero-order valence-corrected chi connectivity index (χ0v) is 11.2. The van der Waals surface area contributed by atoms with Gasteiger partial charge in [-0.2, -0.15) is 5.26 Å². The molecule has 0 spiro atoms. The number of carbonyl (C=O) groups excluding carboxylic acids is 1. The molecule has 1 saturated heterocycles. The molecule has 0 aromatic heterocycles. The fourth-order valence-electron chi connectivity index (χ4n) is 2.11. The molecule has 1 atom stereocenters. The maximum atomic E-state index is 13.3. The van der Waals surface area contributed by atoms with Crippen molar-refractivity contribution in [1.82, 2.24) is 4.90 Å². The third-order valence-corrected chi connectivity index (χ3v) is 3.10. The Hall–Kier alpha value is -2.13. The molecular weight excluding hydrogens is 261 g/mol. The van der Waals surface area contributed by atoms with Gasteiger partial charge in [0.05, 0.1) is 24.8 Å². The lowest BCUT2D eigenvalue weighted by Gasteiger charge is -2.29.